The van der Waals surface area contributed by atoms with Gasteiger partial charge in [0.25, 0.3) is 0 Å². The van der Waals surface area contributed by atoms with E-state index in [9.17, 15) is 5.11 Å². The van der Waals surface area contributed by atoms with Crippen LogP contribution in [0.2, 0.25) is 0 Å². The number of phenolic OH excluding ortho intramolecular Hbond substituents is 1. The third-order valence-electron chi connectivity index (χ3n) is 7.95. The third-order valence-corrected chi connectivity index (χ3v) is 7.95. The molecule has 4 aromatic carbocycles. The Kier molecular flexibility index (Phi) is 6.75. The van der Waals surface area contributed by atoms with Crippen molar-refractivity contribution in [3.05, 3.63) is 132 Å². The molecule has 0 fully saturated rings. The van der Waals surface area contributed by atoms with Crippen molar-refractivity contribution in [2.45, 2.75) is 26.2 Å². The second-order valence-corrected chi connectivity index (χ2v) is 10.9. The van der Waals surface area contributed by atoms with Crippen LogP contribution in [0.1, 0.15) is 30.7 Å². The van der Waals surface area contributed by atoms with Crippen LogP contribution in [0.3, 0.4) is 0 Å². The van der Waals surface area contributed by atoms with Crippen LogP contribution in [-0.2, 0) is 26.5 Å². The smallest absolute Gasteiger partial charge is 0.149 e. The fourth-order valence-electron chi connectivity index (χ4n) is 5.65. The number of aromatic hydroxyl groups is 1. The molecule has 1 N–H and O–H groups in total. The van der Waals surface area contributed by atoms with Crippen LogP contribution >= 0.6 is 0 Å². The predicted molar refractivity (Wildman–Crippen MR) is 163 cm³/mol. The minimum atomic E-state index is -0.473. The van der Waals surface area contributed by atoms with Gasteiger partial charge in [-0.2, -0.15) is 18.2 Å². The van der Waals surface area contributed by atoms with Crippen LogP contribution in [0.5, 0.6) is 5.75 Å². The molecule has 0 saturated heterocycles. The Morgan fingerprint density at radius 3 is 2.37 bits per heavy atom. The van der Waals surface area contributed by atoms with E-state index >= 15 is 0 Å². The normalized spacial score (nSPS) is 11.7. The summed E-state index contributed by atoms with van der Waals surface area (Å²) in [5, 5.41) is 14.5. The molecule has 7 rings (SSSR count). The van der Waals surface area contributed by atoms with Crippen molar-refractivity contribution < 1.29 is 26.2 Å². The topological polar surface area (TPSA) is 50.9 Å². The fourth-order valence-corrected chi connectivity index (χ4v) is 5.65. The van der Waals surface area contributed by atoms with Gasteiger partial charge in [0.15, 0.2) is 0 Å². The molecule has 0 bridgehead atoms. The summed E-state index contributed by atoms with van der Waals surface area (Å²) >= 11 is 0. The molecule has 41 heavy (non-hydrogen) atoms. The van der Waals surface area contributed by atoms with Crippen molar-refractivity contribution in [1.82, 2.24) is 14.5 Å². The molecule has 3 aromatic heterocycles. The molecule has 204 valence electrons. The predicted octanol–water partition coefficient (Wildman–Crippen LogP) is 8.53. The molecule has 0 aliphatic carbocycles. The van der Waals surface area contributed by atoms with Gasteiger partial charge in [-0.25, -0.2) is 9.97 Å². The SMILES string of the molecule is Cc1ccnc(-n2c3[c-]c(C(C)(C)c4ccc5ccc(-c6ccccc6)c(O)c5n4)ccc3c3ccccc32)c1.[Pt]. The van der Waals surface area contributed by atoms with Crippen molar-refractivity contribution in [2.24, 2.45) is 0 Å². The van der Waals surface area contributed by atoms with Gasteiger partial charge in [0.1, 0.15) is 17.1 Å². The maximum atomic E-state index is 11.3. The first-order valence-electron chi connectivity index (χ1n) is 13.5. The zero-order chi connectivity index (χ0) is 27.4. The van der Waals surface area contributed by atoms with E-state index in [2.05, 4.69) is 79.9 Å². The van der Waals surface area contributed by atoms with Gasteiger partial charge in [-0.05, 0) is 53.8 Å². The fraction of sp³-hybridized carbons (Fsp3) is 0.111. The van der Waals surface area contributed by atoms with E-state index in [0.717, 1.165) is 55.6 Å². The molecule has 0 aliphatic heterocycles. The standard InChI is InChI=1S/C36H28N3O.Pt/c1-23-19-20-37-33(21-23)39-30-12-8-7-11-28(30)29-17-15-26(22-31(29)39)36(2,3)32-18-14-25-13-16-27(35(40)34(25)38-32)24-9-5-4-6-10-24;/h4-21,40H,1-3H3;/q-1;. The zero-order valence-corrected chi connectivity index (χ0v) is 25.3. The van der Waals surface area contributed by atoms with Gasteiger partial charge in [-0.3, -0.25) is 0 Å². The quantitative estimate of drug-likeness (QED) is 0.186. The molecular formula is C36H28N3OPt-. The Morgan fingerprint density at radius 2 is 1.56 bits per heavy atom. The van der Waals surface area contributed by atoms with Gasteiger partial charge < -0.3 is 9.67 Å². The van der Waals surface area contributed by atoms with Gasteiger partial charge in [0.05, 0.1) is 0 Å². The molecule has 5 heteroatoms. The van der Waals surface area contributed by atoms with E-state index in [1.165, 1.54) is 5.39 Å². The molecule has 0 aliphatic rings. The van der Waals surface area contributed by atoms with Gasteiger partial charge in [-0.1, -0.05) is 80.0 Å². The first kappa shape index (κ1) is 26.9. The van der Waals surface area contributed by atoms with E-state index in [-0.39, 0.29) is 26.8 Å². The molecule has 0 atom stereocenters. The number of hydrogen-bond acceptors (Lipinski definition) is 3. The monoisotopic (exact) mass is 713 g/mol. The maximum absolute atomic E-state index is 11.3. The summed E-state index contributed by atoms with van der Waals surface area (Å²) < 4.78 is 2.20. The number of fused-ring (bicyclic) bond motifs is 4. The number of aryl methyl sites for hydroxylation is 1. The summed E-state index contributed by atoms with van der Waals surface area (Å²) in [6.07, 6.45) is 1.86. The number of benzene rings is 4. The number of aromatic nitrogens is 3. The summed E-state index contributed by atoms with van der Waals surface area (Å²) in [7, 11) is 0. The second kappa shape index (κ2) is 10.3. The largest absolute Gasteiger partial charge is 0.505 e. The second-order valence-electron chi connectivity index (χ2n) is 10.9. The third kappa shape index (κ3) is 4.44. The maximum Gasteiger partial charge on any atom is 0.149 e. The molecule has 7 aromatic rings. The van der Waals surface area contributed by atoms with Crippen LogP contribution in [0, 0.1) is 13.0 Å². The van der Waals surface area contributed by atoms with E-state index in [0.29, 0.717) is 5.52 Å². The Bertz CT molecular complexity index is 2060. The summed E-state index contributed by atoms with van der Waals surface area (Å²) in [5.74, 6) is 1.08. The number of nitrogens with zero attached hydrogens (tertiary/aromatic N) is 3. The molecule has 0 radical (unpaired) electrons. The van der Waals surface area contributed by atoms with Gasteiger partial charge in [-0.15, -0.1) is 10.9 Å². The molecule has 0 saturated carbocycles. The molecular weight excluding hydrogens is 685 g/mol. The van der Waals surface area contributed by atoms with Crippen molar-refractivity contribution >= 4 is 32.7 Å². The van der Waals surface area contributed by atoms with E-state index in [1.54, 1.807) is 0 Å². The Hall–Kier alpha value is -4.27. The molecule has 0 amide bonds. The van der Waals surface area contributed by atoms with Gasteiger partial charge in [0.2, 0.25) is 0 Å². The average molecular weight is 714 g/mol. The summed E-state index contributed by atoms with van der Waals surface area (Å²) in [4.78, 5) is 9.75. The molecule has 0 unspecified atom stereocenters. The van der Waals surface area contributed by atoms with Gasteiger partial charge >= 0.3 is 0 Å². The molecule has 3 heterocycles. The number of rotatable bonds is 4. The minimum Gasteiger partial charge on any atom is -0.505 e. The van der Waals surface area contributed by atoms with Crippen LogP contribution in [0.15, 0.2) is 109 Å². The average Bonchev–Trinajstić information content (AvgIpc) is 3.31. The van der Waals surface area contributed by atoms with Crippen LogP contribution in [-0.4, -0.2) is 19.6 Å². The summed E-state index contributed by atoms with van der Waals surface area (Å²) in [6.45, 7) is 6.41. The van der Waals surface area contributed by atoms with Crippen molar-refractivity contribution in [3.8, 4) is 22.7 Å². The summed E-state index contributed by atoms with van der Waals surface area (Å²) in [6, 6.07) is 38.6. The Balaban J connectivity index is 0.00000302. The van der Waals surface area contributed by atoms with E-state index < -0.39 is 5.41 Å². The number of pyridine rings is 2. The van der Waals surface area contributed by atoms with Crippen molar-refractivity contribution in [1.29, 1.82) is 0 Å². The van der Waals surface area contributed by atoms with E-state index in [1.807, 2.05) is 60.8 Å². The Morgan fingerprint density at radius 1 is 0.805 bits per heavy atom. The zero-order valence-electron chi connectivity index (χ0n) is 23.0. The van der Waals surface area contributed by atoms with Gasteiger partial charge in [0, 0.05) is 54.8 Å². The number of para-hydroxylation sites is 1. The Labute approximate surface area is 253 Å². The summed E-state index contributed by atoms with van der Waals surface area (Å²) in [5.41, 5.74) is 6.99. The number of hydrogen-bond donors (Lipinski definition) is 1. The molecule has 4 nitrogen and oxygen atoms in total. The van der Waals surface area contributed by atoms with Crippen LogP contribution in [0.25, 0.3) is 49.7 Å². The van der Waals surface area contributed by atoms with E-state index in [4.69, 9.17) is 9.97 Å². The number of phenols is 1. The van der Waals surface area contributed by atoms with Crippen LogP contribution < -0.4 is 0 Å². The minimum absolute atomic E-state index is 0. The van der Waals surface area contributed by atoms with Crippen LogP contribution in [0.4, 0.5) is 0 Å². The first-order chi connectivity index (χ1) is 19.4. The van der Waals surface area contributed by atoms with Crippen molar-refractivity contribution in [2.75, 3.05) is 0 Å². The first-order valence-corrected chi connectivity index (χ1v) is 13.5. The van der Waals surface area contributed by atoms with Crippen molar-refractivity contribution in [3.63, 3.8) is 0 Å². The molecule has 0 spiro atoms.